The molecule has 0 aromatic heterocycles. The Morgan fingerprint density at radius 2 is 1.85 bits per heavy atom. The molecule has 2 unspecified atom stereocenters. The predicted molar refractivity (Wildman–Crippen MR) is 81.3 cm³/mol. The third-order valence-electron chi connectivity index (χ3n) is 5.05. The van der Waals surface area contributed by atoms with Gasteiger partial charge in [0.2, 0.25) is 0 Å². The average molecular weight is 282 g/mol. The second-order valence-electron chi connectivity index (χ2n) is 8.31. The van der Waals surface area contributed by atoms with Crippen LogP contribution in [0.4, 0.5) is 0 Å². The first-order valence-electron chi connectivity index (χ1n) is 8.31. The molecular weight excluding hydrogens is 250 g/mol. The lowest BCUT2D eigenvalue weighted by molar-refractivity contribution is -0.907. The normalized spacial score (nSPS) is 32.6. The van der Waals surface area contributed by atoms with Crippen molar-refractivity contribution in [3.8, 4) is 0 Å². The molecule has 0 spiro atoms. The highest BCUT2D eigenvalue weighted by atomic mass is 16.5. The molecule has 0 amide bonds. The summed E-state index contributed by atoms with van der Waals surface area (Å²) in [6, 6.07) is 0. The Bertz CT molecular complexity index is 345. The summed E-state index contributed by atoms with van der Waals surface area (Å²) in [5, 5.41) is 0. The van der Waals surface area contributed by atoms with Crippen LogP contribution in [-0.2, 0) is 9.53 Å². The highest BCUT2D eigenvalue weighted by molar-refractivity contribution is 5.70. The van der Waals surface area contributed by atoms with E-state index in [1.165, 1.54) is 25.7 Å². The largest absolute Gasteiger partial charge is 0.458 e. The van der Waals surface area contributed by atoms with Gasteiger partial charge in [0.25, 0.3) is 0 Å². The number of likely N-dealkylation sites (tertiary alicyclic amines) is 1. The number of carbonyl (C=O) groups is 1. The number of ether oxygens (including phenoxy) is 1. The monoisotopic (exact) mass is 282 g/mol. The second kappa shape index (κ2) is 6.05. The van der Waals surface area contributed by atoms with Crippen molar-refractivity contribution in [1.29, 1.82) is 0 Å². The van der Waals surface area contributed by atoms with Crippen molar-refractivity contribution >= 4 is 5.97 Å². The Labute approximate surface area is 124 Å². The molecule has 1 aliphatic carbocycles. The third-order valence-corrected chi connectivity index (χ3v) is 5.05. The highest BCUT2D eigenvalue weighted by Crippen LogP contribution is 2.39. The van der Waals surface area contributed by atoms with Crippen LogP contribution in [0.25, 0.3) is 0 Å². The van der Waals surface area contributed by atoms with E-state index < -0.39 is 0 Å². The zero-order valence-electron chi connectivity index (χ0n) is 13.8. The Morgan fingerprint density at radius 1 is 1.20 bits per heavy atom. The molecule has 1 aliphatic heterocycles. The molecule has 0 N–H and O–H groups in total. The van der Waals surface area contributed by atoms with Gasteiger partial charge in [0, 0.05) is 0 Å². The summed E-state index contributed by atoms with van der Waals surface area (Å²) in [6.07, 6.45) is 7.25. The van der Waals surface area contributed by atoms with E-state index in [2.05, 4.69) is 27.8 Å². The molecule has 0 aromatic rings. The molecule has 2 aliphatic rings. The van der Waals surface area contributed by atoms with Crippen LogP contribution in [-0.4, -0.2) is 43.2 Å². The van der Waals surface area contributed by atoms with Crippen molar-refractivity contribution in [2.24, 2.45) is 11.3 Å². The van der Waals surface area contributed by atoms with Crippen molar-refractivity contribution in [1.82, 2.24) is 0 Å². The van der Waals surface area contributed by atoms with Crippen LogP contribution in [0.5, 0.6) is 0 Å². The van der Waals surface area contributed by atoms with Gasteiger partial charge in [-0.3, -0.25) is 0 Å². The summed E-state index contributed by atoms with van der Waals surface area (Å²) in [6.45, 7) is 9.68. The summed E-state index contributed by atoms with van der Waals surface area (Å²) < 4.78 is 6.69. The maximum absolute atomic E-state index is 12.3. The molecule has 0 aromatic carbocycles. The molecule has 2 rings (SSSR count). The smallest absolute Gasteiger partial charge is 0.362 e. The minimum atomic E-state index is 0.0179. The van der Waals surface area contributed by atoms with Crippen LogP contribution in [0.15, 0.2) is 0 Å². The minimum absolute atomic E-state index is 0.0179. The number of carbonyl (C=O) groups excluding carboxylic acids is 1. The molecule has 2 fully saturated rings. The molecule has 3 nitrogen and oxygen atoms in total. The standard InChI is InChI=1S/C17H32NO2/c1-14-10-15(12-17(2,3)11-14)20-16(19)13-18(4)8-6-5-7-9-18/h14-15H,5-13H2,1-4H3/q+1. The molecule has 20 heavy (non-hydrogen) atoms. The number of quaternary nitrogens is 1. The van der Waals surface area contributed by atoms with Crippen molar-refractivity contribution in [3.05, 3.63) is 0 Å². The van der Waals surface area contributed by atoms with Gasteiger partial charge in [0.15, 0.2) is 6.54 Å². The van der Waals surface area contributed by atoms with Crippen molar-refractivity contribution in [2.45, 2.75) is 65.4 Å². The van der Waals surface area contributed by atoms with Crippen LogP contribution in [0, 0.1) is 11.3 Å². The fourth-order valence-electron chi connectivity index (χ4n) is 4.32. The molecule has 1 heterocycles. The second-order valence-corrected chi connectivity index (χ2v) is 8.31. The first-order valence-corrected chi connectivity index (χ1v) is 8.31. The maximum Gasteiger partial charge on any atom is 0.362 e. The summed E-state index contributed by atoms with van der Waals surface area (Å²) >= 11 is 0. The first-order chi connectivity index (χ1) is 9.28. The number of likely N-dealkylation sites (N-methyl/N-ethyl adjacent to an activating group) is 1. The van der Waals surface area contributed by atoms with Gasteiger partial charge in [-0.05, 0) is 49.9 Å². The van der Waals surface area contributed by atoms with E-state index in [4.69, 9.17) is 4.74 Å². The molecular formula is C17H32NO2+. The van der Waals surface area contributed by atoms with Crippen LogP contribution < -0.4 is 0 Å². The van der Waals surface area contributed by atoms with Gasteiger partial charge in [-0.15, -0.1) is 0 Å². The Balaban J connectivity index is 1.84. The van der Waals surface area contributed by atoms with E-state index in [0.29, 0.717) is 17.9 Å². The van der Waals surface area contributed by atoms with Gasteiger partial charge >= 0.3 is 5.97 Å². The van der Waals surface area contributed by atoms with Gasteiger partial charge in [-0.1, -0.05) is 20.8 Å². The van der Waals surface area contributed by atoms with Gasteiger partial charge < -0.3 is 9.22 Å². The fourth-order valence-corrected chi connectivity index (χ4v) is 4.32. The average Bonchev–Trinajstić information content (AvgIpc) is 2.25. The minimum Gasteiger partial charge on any atom is -0.458 e. The summed E-state index contributed by atoms with van der Waals surface area (Å²) in [5.41, 5.74) is 0.312. The van der Waals surface area contributed by atoms with E-state index in [0.717, 1.165) is 30.4 Å². The molecule has 116 valence electrons. The van der Waals surface area contributed by atoms with Gasteiger partial charge in [-0.25, -0.2) is 4.79 Å². The topological polar surface area (TPSA) is 26.3 Å². The lowest BCUT2D eigenvalue weighted by Crippen LogP contribution is -2.51. The van der Waals surface area contributed by atoms with E-state index >= 15 is 0 Å². The van der Waals surface area contributed by atoms with Gasteiger partial charge in [-0.2, -0.15) is 0 Å². The Hall–Kier alpha value is -0.570. The van der Waals surface area contributed by atoms with Crippen molar-refractivity contribution < 1.29 is 14.0 Å². The summed E-state index contributed by atoms with van der Waals surface area (Å²) in [7, 11) is 2.20. The number of piperidine rings is 1. The summed E-state index contributed by atoms with van der Waals surface area (Å²) in [5.74, 6) is 0.681. The summed E-state index contributed by atoms with van der Waals surface area (Å²) in [4.78, 5) is 12.3. The molecule has 1 saturated carbocycles. The SMILES string of the molecule is CC1CC(OC(=O)C[N+]2(C)CCCCC2)CC(C)(C)C1. The number of rotatable bonds is 3. The number of hydrogen-bond acceptors (Lipinski definition) is 2. The number of esters is 1. The lowest BCUT2D eigenvalue weighted by atomic mass is 9.71. The third kappa shape index (κ3) is 4.47. The van der Waals surface area contributed by atoms with E-state index in [9.17, 15) is 4.79 Å². The van der Waals surface area contributed by atoms with E-state index in [1.807, 2.05) is 0 Å². The number of hydrogen-bond donors (Lipinski definition) is 0. The van der Waals surface area contributed by atoms with E-state index in [-0.39, 0.29) is 12.1 Å². The highest BCUT2D eigenvalue weighted by Gasteiger charge is 2.35. The van der Waals surface area contributed by atoms with Crippen LogP contribution in [0.2, 0.25) is 0 Å². The Morgan fingerprint density at radius 3 is 2.45 bits per heavy atom. The van der Waals surface area contributed by atoms with Crippen LogP contribution in [0.3, 0.4) is 0 Å². The quantitative estimate of drug-likeness (QED) is 0.586. The van der Waals surface area contributed by atoms with Crippen LogP contribution >= 0.6 is 0 Å². The van der Waals surface area contributed by atoms with Crippen molar-refractivity contribution in [2.75, 3.05) is 26.7 Å². The molecule has 0 radical (unpaired) electrons. The van der Waals surface area contributed by atoms with Crippen LogP contribution in [0.1, 0.15) is 59.3 Å². The van der Waals surface area contributed by atoms with Gasteiger partial charge in [0.1, 0.15) is 6.10 Å². The van der Waals surface area contributed by atoms with Crippen molar-refractivity contribution in [3.63, 3.8) is 0 Å². The van der Waals surface area contributed by atoms with Gasteiger partial charge in [0.05, 0.1) is 20.1 Å². The molecule has 3 heteroatoms. The molecule has 1 saturated heterocycles. The van der Waals surface area contributed by atoms with E-state index in [1.54, 1.807) is 0 Å². The fraction of sp³-hybridized carbons (Fsp3) is 0.941. The molecule has 0 bridgehead atoms. The zero-order chi connectivity index (χ0) is 14.8. The zero-order valence-corrected chi connectivity index (χ0v) is 13.8. The Kier molecular flexibility index (Phi) is 4.78. The first kappa shape index (κ1) is 15.8. The lowest BCUT2D eigenvalue weighted by Gasteiger charge is -2.40. The molecule has 2 atom stereocenters. The predicted octanol–water partition coefficient (Wildman–Crippen LogP) is 3.37. The number of nitrogens with zero attached hydrogens (tertiary/aromatic N) is 1. The maximum atomic E-state index is 12.3.